The number of hydrogen-bond donors (Lipinski definition) is 2. The van der Waals surface area contributed by atoms with E-state index in [1.54, 1.807) is 18.2 Å². The van der Waals surface area contributed by atoms with Gasteiger partial charge < -0.3 is 5.73 Å². The number of nitrogens with two attached hydrogens (primary N) is 2. The Bertz CT molecular complexity index is 343. The van der Waals surface area contributed by atoms with Crippen LogP contribution in [0.5, 0.6) is 0 Å². The first kappa shape index (κ1) is 11.0. The van der Waals surface area contributed by atoms with Crippen molar-refractivity contribution < 1.29 is 14.1 Å². The molecular weight excluding hydrogens is 204 g/mol. The predicted octanol–water partition coefficient (Wildman–Crippen LogP) is 0.923. The number of carbonyl (C=O) groups is 1. The molecule has 1 aromatic carbocycles. The normalized spacial score (nSPS) is 10.1. The Kier molecular flexibility index (Phi) is 3.90. The number of benzene rings is 1. The molecule has 14 heavy (non-hydrogen) atoms. The largest absolute Gasteiger partial charge is 0.366 e. The lowest BCUT2D eigenvalue weighted by Crippen LogP contribution is -2.10. The van der Waals surface area contributed by atoms with Crippen LogP contribution >= 0.6 is 12.0 Å². The lowest BCUT2D eigenvalue weighted by molar-refractivity contribution is -0.195. The van der Waals surface area contributed by atoms with Crippen LogP contribution in [0.15, 0.2) is 23.1 Å². The fourth-order valence-corrected chi connectivity index (χ4v) is 1.38. The van der Waals surface area contributed by atoms with E-state index in [1.807, 2.05) is 6.92 Å². The van der Waals surface area contributed by atoms with Crippen molar-refractivity contribution in [3.63, 3.8) is 0 Å². The second kappa shape index (κ2) is 4.97. The minimum absolute atomic E-state index is 0.458. The molecule has 0 aliphatic rings. The van der Waals surface area contributed by atoms with Crippen molar-refractivity contribution in [2.24, 2.45) is 11.6 Å². The quantitative estimate of drug-likeness (QED) is 0.442. The van der Waals surface area contributed by atoms with Crippen molar-refractivity contribution >= 4 is 17.9 Å². The molecule has 0 aliphatic heterocycles. The number of primary amides is 1. The van der Waals surface area contributed by atoms with Crippen LogP contribution in [0.4, 0.5) is 0 Å². The van der Waals surface area contributed by atoms with Crippen LogP contribution in [-0.2, 0) is 9.32 Å². The molecule has 0 saturated heterocycles. The van der Waals surface area contributed by atoms with E-state index in [0.29, 0.717) is 5.56 Å². The Labute approximate surface area is 85.4 Å². The van der Waals surface area contributed by atoms with Gasteiger partial charge in [0.15, 0.2) is 0 Å². The number of rotatable bonds is 4. The van der Waals surface area contributed by atoms with Crippen LogP contribution in [0.1, 0.15) is 15.9 Å². The molecule has 0 radical (unpaired) electrons. The molecular formula is C8H10N2O3S. The third-order valence-electron chi connectivity index (χ3n) is 1.62. The molecule has 0 spiro atoms. The van der Waals surface area contributed by atoms with E-state index in [2.05, 4.69) is 15.2 Å². The second-order valence-electron chi connectivity index (χ2n) is 2.59. The fourth-order valence-electron chi connectivity index (χ4n) is 0.952. The first-order valence-electron chi connectivity index (χ1n) is 3.75. The van der Waals surface area contributed by atoms with Crippen LogP contribution < -0.4 is 11.6 Å². The average molecular weight is 214 g/mol. The van der Waals surface area contributed by atoms with Gasteiger partial charge in [-0.05, 0) is 30.7 Å². The van der Waals surface area contributed by atoms with Gasteiger partial charge in [-0.1, -0.05) is 0 Å². The van der Waals surface area contributed by atoms with Gasteiger partial charge in [0, 0.05) is 10.5 Å². The van der Waals surface area contributed by atoms with Crippen molar-refractivity contribution in [1.82, 2.24) is 0 Å². The summed E-state index contributed by atoms with van der Waals surface area (Å²) in [6.07, 6.45) is 0. The SMILES string of the molecule is Cc1cc(C(N)=O)ccc1SOON. The minimum Gasteiger partial charge on any atom is -0.366 e. The first-order valence-corrected chi connectivity index (χ1v) is 4.50. The van der Waals surface area contributed by atoms with Gasteiger partial charge in [0.05, 0.1) is 12.0 Å². The summed E-state index contributed by atoms with van der Waals surface area (Å²) in [5.74, 6) is 4.23. The van der Waals surface area contributed by atoms with Crippen molar-refractivity contribution in [2.45, 2.75) is 11.8 Å². The van der Waals surface area contributed by atoms with Gasteiger partial charge in [-0.3, -0.25) is 4.79 Å². The zero-order valence-electron chi connectivity index (χ0n) is 7.52. The second-order valence-corrected chi connectivity index (χ2v) is 3.33. The Balaban J connectivity index is 2.84. The molecule has 0 heterocycles. The van der Waals surface area contributed by atoms with Gasteiger partial charge in [-0.25, -0.2) is 0 Å². The van der Waals surface area contributed by atoms with Gasteiger partial charge in [0.1, 0.15) is 0 Å². The van der Waals surface area contributed by atoms with Crippen LogP contribution in [0.3, 0.4) is 0 Å². The molecule has 1 aromatic rings. The molecule has 0 fully saturated rings. The van der Waals surface area contributed by atoms with Crippen molar-refractivity contribution in [1.29, 1.82) is 0 Å². The maximum Gasteiger partial charge on any atom is 0.248 e. The maximum atomic E-state index is 10.8. The van der Waals surface area contributed by atoms with Crippen LogP contribution in [0, 0.1) is 6.92 Å². The summed E-state index contributed by atoms with van der Waals surface area (Å²) < 4.78 is 4.48. The van der Waals surface area contributed by atoms with Gasteiger partial charge in [0.2, 0.25) is 5.91 Å². The van der Waals surface area contributed by atoms with E-state index in [-0.39, 0.29) is 0 Å². The van der Waals surface area contributed by atoms with Crippen molar-refractivity contribution in [3.8, 4) is 0 Å². The molecule has 76 valence electrons. The highest BCUT2D eigenvalue weighted by atomic mass is 32.2. The summed E-state index contributed by atoms with van der Waals surface area (Å²) in [4.78, 5) is 15.6. The Morgan fingerprint density at radius 2 is 2.21 bits per heavy atom. The minimum atomic E-state index is -0.458. The lowest BCUT2D eigenvalue weighted by Gasteiger charge is -2.04. The van der Waals surface area contributed by atoms with Crippen LogP contribution in [0.25, 0.3) is 0 Å². The molecule has 5 nitrogen and oxygen atoms in total. The van der Waals surface area contributed by atoms with E-state index < -0.39 is 5.91 Å². The summed E-state index contributed by atoms with van der Waals surface area (Å²) in [5.41, 5.74) is 6.43. The predicted molar refractivity (Wildman–Crippen MR) is 51.9 cm³/mol. The zero-order valence-corrected chi connectivity index (χ0v) is 8.34. The van der Waals surface area contributed by atoms with Crippen LogP contribution in [0.2, 0.25) is 0 Å². The van der Waals surface area contributed by atoms with E-state index in [9.17, 15) is 4.79 Å². The monoisotopic (exact) mass is 214 g/mol. The van der Waals surface area contributed by atoms with Gasteiger partial charge in [0.25, 0.3) is 0 Å². The third-order valence-corrected chi connectivity index (χ3v) is 2.41. The van der Waals surface area contributed by atoms with Crippen LogP contribution in [-0.4, -0.2) is 5.91 Å². The number of aryl methyl sites for hydroxylation is 1. The topological polar surface area (TPSA) is 87.6 Å². The molecule has 0 aromatic heterocycles. The molecule has 0 bridgehead atoms. The third kappa shape index (κ3) is 2.71. The number of hydrogen-bond acceptors (Lipinski definition) is 5. The summed E-state index contributed by atoms with van der Waals surface area (Å²) in [5, 5.41) is 0. The fraction of sp³-hybridized carbons (Fsp3) is 0.125. The molecule has 1 rings (SSSR count). The summed E-state index contributed by atoms with van der Waals surface area (Å²) in [6.45, 7) is 1.83. The van der Waals surface area contributed by atoms with E-state index >= 15 is 0 Å². The summed E-state index contributed by atoms with van der Waals surface area (Å²) >= 11 is 0.968. The standard InChI is InChI=1S/C8H10N2O3S/c1-5-4-6(8(9)11)2-3-7(5)14-13-12-10/h2-4H,10H2,1H3,(H2,9,11). The van der Waals surface area contributed by atoms with Gasteiger partial charge >= 0.3 is 0 Å². The zero-order chi connectivity index (χ0) is 10.6. The highest BCUT2D eigenvalue weighted by molar-refractivity contribution is 7.94. The molecule has 0 aliphatic carbocycles. The number of carbonyl (C=O) groups excluding carboxylic acids is 1. The van der Waals surface area contributed by atoms with E-state index in [4.69, 9.17) is 5.73 Å². The van der Waals surface area contributed by atoms with Crippen molar-refractivity contribution in [3.05, 3.63) is 29.3 Å². The average Bonchev–Trinajstić information content (AvgIpc) is 2.15. The molecule has 1 amide bonds. The molecule has 4 N–H and O–H groups in total. The summed E-state index contributed by atoms with van der Waals surface area (Å²) in [6, 6.07) is 4.99. The lowest BCUT2D eigenvalue weighted by atomic mass is 10.1. The Hall–Kier alpha value is -1.08. The highest BCUT2D eigenvalue weighted by Crippen LogP contribution is 2.23. The maximum absolute atomic E-state index is 10.8. The molecule has 0 atom stereocenters. The smallest absolute Gasteiger partial charge is 0.248 e. The van der Waals surface area contributed by atoms with Gasteiger partial charge in [-0.2, -0.15) is 5.90 Å². The number of amides is 1. The van der Waals surface area contributed by atoms with E-state index in [0.717, 1.165) is 22.5 Å². The van der Waals surface area contributed by atoms with Crippen molar-refractivity contribution in [2.75, 3.05) is 0 Å². The first-order chi connectivity index (χ1) is 6.65. The Morgan fingerprint density at radius 1 is 1.50 bits per heavy atom. The molecule has 0 saturated carbocycles. The summed E-state index contributed by atoms with van der Waals surface area (Å²) in [7, 11) is 0. The highest BCUT2D eigenvalue weighted by Gasteiger charge is 2.05. The van der Waals surface area contributed by atoms with E-state index in [1.165, 1.54) is 0 Å². The van der Waals surface area contributed by atoms with Gasteiger partial charge in [-0.15, -0.1) is 9.32 Å². The Morgan fingerprint density at radius 3 is 2.71 bits per heavy atom. The molecule has 0 unspecified atom stereocenters. The molecule has 6 heteroatoms.